The molecule has 1 heterocycles. The fraction of sp³-hybridized carbons (Fsp3) is 0.778. The zero-order valence-electron chi connectivity index (χ0n) is 8.82. The first-order valence-corrected chi connectivity index (χ1v) is 5.06. The van der Waals surface area contributed by atoms with Crippen LogP contribution in [0.3, 0.4) is 0 Å². The zero-order chi connectivity index (χ0) is 11.3. The molecule has 6 nitrogen and oxygen atoms in total. The number of carbonyl (C=O) groups excluding carboxylic acids is 1. The second-order valence-electron chi connectivity index (χ2n) is 3.56. The summed E-state index contributed by atoms with van der Waals surface area (Å²) in [5, 5.41) is 14.6. The Morgan fingerprint density at radius 1 is 1.47 bits per heavy atom. The van der Waals surface area contributed by atoms with Gasteiger partial charge in [-0.3, -0.25) is 9.69 Å². The fourth-order valence-corrected chi connectivity index (χ4v) is 1.71. The van der Waals surface area contributed by atoms with Crippen LogP contribution in [0.1, 0.15) is 12.8 Å². The lowest BCUT2D eigenvalue weighted by Crippen LogP contribution is -2.49. The molecule has 0 bridgehead atoms. The van der Waals surface area contributed by atoms with Gasteiger partial charge in [0.2, 0.25) is 5.91 Å². The van der Waals surface area contributed by atoms with Crippen molar-refractivity contribution < 1.29 is 14.7 Å². The van der Waals surface area contributed by atoms with Crippen molar-refractivity contribution in [1.29, 1.82) is 0 Å². The molecule has 1 fully saturated rings. The maximum atomic E-state index is 11.1. The minimum atomic E-state index is -1.02. The van der Waals surface area contributed by atoms with Crippen molar-refractivity contribution in [2.45, 2.75) is 18.9 Å². The molecule has 0 atom stereocenters. The smallest absolute Gasteiger partial charge is 0.408 e. The standard InChI is InChI=1S/C9H17N3O3/c1-10-8(13)6-12(9(14)15)7-2-4-11-5-3-7/h7,11H,2-6H2,1H3,(H,10,13)(H,14,15). The molecule has 1 aliphatic rings. The predicted molar refractivity (Wildman–Crippen MR) is 54.7 cm³/mol. The third kappa shape index (κ3) is 3.39. The van der Waals surface area contributed by atoms with Crippen molar-refractivity contribution in [3.63, 3.8) is 0 Å². The van der Waals surface area contributed by atoms with Crippen molar-refractivity contribution in [3.8, 4) is 0 Å². The Balaban J connectivity index is 2.55. The maximum absolute atomic E-state index is 11.1. The Morgan fingerprint density at radius 2 is 2.07 bits per heavy atom. The van der Waals surface area contributed by atoms with E-state index >= 15 is 0 Å². The van der Waals surface area contributed by atoms with Gasteiger partial charge in [-0.1, -0.05) is 0 Å². The van der Waals surface area contributed by atoms with Crippen LogP contribution in [-0.4, -0.2) is 54.7 Å². The second kappa shape index (κ2) is 5.55. The molecule has 0 aromatic heterocycles. The van der Waals surface area contributed by atoms with Crippen molar-refractivity contribution in [2.24, 2.45) is 0 Å². The first-order chi connectivity index (χ1) is 7.15. The van der Waals surface area contributed by atoms with E-state index in [1.807, 2.05) is 0 Å². The molecular weight excluding hydrogens is 198 g/mol. The lowest BCUT2D eigenvalue weighted by molar-refractivity contribution is -0.122. The molecule has 0 radical (unpaired) electrons. The van der Waals surface area contributed by atoms with Crippen LogP contribution in [0.5, 0.6) is 0 Å². The average Bonchev–Trinajstić information content (AvgIpc) is 2.26. The van der Waals surface area contributed by atoms with Crippen LogP contribution < -0.4 is 10.6 Å². The molecule has 0 unspecified atom stereocenters. The van der Waals surface area contributed by atoms with Crippen LogP contribution in [0.25, 0.3) is 0 Å². The minimum absolute atomic E-state index is 0.0407. The van der Waals surface area contributed by atoms with Crippen LogP contribution in [0.15, 0.2) is 0 Å². The molecule has 1 saturated heterocycles. The van der Waals surface area contributed by atoms with Crippen LogP contribution >= 0.6 is 0 Å². The van der Waals surface area contributed by atoms with Gasteiger partial charge in [0.15, 0.2) is 0 Å². The number of carbonyl (C=O) groups is 2. The van der Waals surface area contributed by atoms with Crippen LogP contribution in [-0.2, 0) is 4.79 Å². The number of piperidine rings is 1. The number of nitrogens with zero attached hydrogens (tertiary/aromatic N) is 1. The lowest BCUT2D eigenvalue weighted by atomic mass is 10.1. The molecule has 2 amide bonds. The van der Waals surface area contributed by atoms with E-state index in [9.17, 15) is 9.59 Å². The van der Waals surface area contributed by atoms with E-state index in [4.69, 9.17) is 5.11 Å². The normalized spacial score (nSPS) is 17.1. The van der Waals surface area contributed by atoms with Gasteiger partial charge in [-0.2, -0.15) is 0 Å². The molecule has 1 rings (SSSR count). The van der Waals surface area contributed by atoms with E-state index in [1.54, 1.807) is 0 Å². The molecule has 86 valence electrons. The molecule has 0 aromatic rings. The molecule has 15 heavy (non-hydrogen) atoms. The van der Waals surface area contributed by atoms with Crippen molar-refractivity contribution in [1.82, 2.24) is 15.5 Å². The van der Waals surface area contributed by atoms with Gasteiger partial charge in [0.25, 0.3) is 0 Å². The molecular formula is C9H17N3O3. The van der Waals surface area contributed by atoms with Gasteiger partial charge in [-0.25, -0.2) is 4.79 Å². The van der Waals surface area contributed by atoms with E-state index in [-0.39, 0.29) is 18.5 Å². The second-order valence-corrected chi connectivity index (χ2v) is 3.56. The summed E-state index contributed by atoms with van der Waals surface area (Å²) < 4.78 is 0. The molecule has 1 aliphatic heterocycles. The van der Waals surface area contributed by atoms with Gasteiger partial charge in [-0.15, -0.1) is 0 Å². The average molecular weight is 215 g/mol. The van der Waals surface area contributed by atoms with Gasteiger partial charge in [0, 0.05) is 13.1 Å². The topological polar surface area (TPSA) is 81.7 Å². The highest BCUT2D eigenvalue weighted by Gasteiger charge is 2.26. The number of nitrogens with one attached hydrogen (secondary N) is 2. The highest BCUT2D eigenvalue weighted by molar-refractivity contribution is 5.81. The molecule has 0 spiro atoms. The number of carboxylic acid groups (broad SMARTS) is 1. The first-order valence-electron chi connectivity index (χ1n) is 5.06. The van der Waals surface area contributed by atoms with E-state index < -0.39 is 6.09 Å². The van der Waals surface area contributed by atoms with Crippen LogP contribution in [0, 0.1) is 0 Å². The highest BCUT2D eigenvalue weighted by atomic mass is 16.4. The van der Waals surface area contributed by atoms with Crippen molar-refractivity contribution in [3.05, 3.63) is 0 Å². The molecule has 6 heteroatoms. The summed E-state index contributed by atoms with van der Waals surface area (Å²) in [5.74, 6) is -0.268. The lowest BCUT2D eigenvalue weighted by Gasteiger charge is -2.31. The van der Waals surface area contributed by atoms with Gasteiger partial charge in [-0.05, 0) is 25.9 Å². The van der Waals surface area contributed by atoms with Gasteiger partial charge >= 0.3 is 6.09 Å². The summed E-state index contributed by atoms with van der Waals surface area (Å²) in [4.78, 5) is 23.3. The van der Waals surface area contributed by atoms with Crippen molar-refractivity contribution >= 4 is 12.0 Å². The summed E-state index contributed by atoms with van der Waals surface area (Å²) in [7, 11) is 1.50. The molecule has 0 aromatic carbocycles. The fourth-order valence-electron chi connectivity index (χ4n) is 1.71. The summed E-state index contributed by atoms with van der Waals surface area (Å²) >= 11 is 0. The number of rotatable bonds is 3. The molecule has 3 N–H and O–H groups in total. The van der Waals surface area contributed by atoms with Crippen LogP contribution in [0.4, 0.5) is 4.79 Å². The number of amides is 2. The minimum Gasteiger partial charge on any atom is -0.465 e. The van der Waals surface area contributed by atoms with E-state index in [2.05, 4.69) is 10.6 Å². The SMILES string of the molecule is CNC(=O)CN(C(=O)O)C1CCNCC1. The largest absolute Gasteiger partial charge is 0.465 e. The predicted octanol–water partition coefficient (Wildman–Crippen LogP) is -0.536. The summed E-state index contributed by atoms with van der Waals surface area (Å²) in [6, 6.07) is -0.0407. The number of likely N-dealkylation sites (N-methyl/N-ethyl adjacent to an activating group) is 1. The monoisotopic (exact) mass is 215 g/mol. The Hall–Kier alpha value is -1.30. The third-order valence-corrected chi connectivity index (χ3v) is 2.59. The first kappa shape index (κ1) is 11.8. The Kier molecular flexibility index (Phi) is 4.36. The summed E-state index contributed by atoms with van der Waals surface area (Å²) in [6.07, 6.45) is 0.512. The van der Waals surface area contributed by atoms with Gasteiger partial charge in [0.1, 0.15) is 6.54 Å². The number of hydrogen-bond acceptors (Lipinski definition) is 3. The van der Waals surface area contributed by atoms with Crippen molar-refractivity contribution in [2.75, 3.05) is 26.7 Å². The molecule has 0 aliphatic carbocycles. The maximum Gasteiger partial charge on any atom is 0.408 e. The third-order valence-electron chi connectivity index (χ3n) is 2.59. The number of hydrogen-bond donors (Lipinski definition) is 3. The zero-order valence-corrected chi connectivity index (χ0v) is 8.82. The summed E-state index contributed by atoms with van der Waals surface area (Å²) in [5.41, 5.74) is 0. The Labute approximate surface area is 88.6 Å². The highest BCUT2D eigenvalue weighted by Crippen LogP contribution is 2.11. The Morgan fingerprint density at radius 3 is 2.53 bits per heavy atom. The van der Waals surface area contributed by atoms with Crippen LogP contribution in [0.2, 0.25) is 0 Å². The van der Waals surface area contributed by atoms with E-state index in [0.29, 0.717) is 0 Å². The summed E-state index contributed by atoms with van der Waals surface area (Å²) in [6.45, 7) is 1.54. The molecule has 0 saturated carbocycles. The van der Waals surface area contributed by atoms with E-state index in [1.165, 1.54) is 11.9 Å². The quantitative estimate of drug-likeness (QED) is 0.591. The van der Waals surface area contributed by atoms with Gasteiger partial charge in [0.05, 0.1) is 0 Å². The van der Waals surface area contributed by atoms with Gasteiger partial charge < -0.3 is 15.7 Å². The van der Waals surface area contributed by atoms with E-state index in [0.717, 1.165) is 25.9 Å². The Bertz CT molecular complexity index is 239.